The zero-order valence-electron chi connectivity index (χ0n) is 9.48. The molecule has 6 heteroatoms. The molecule has 3 rings (SSSR count). The first-order valence-electron chi connectivity index (χ1n) is 5.33. The summed E-state index contributed by atoms with van der Waals surface area (Å²) >= 11 is 0. The highest BCUT2D eigenvalue weighted by Crippen LogP contribution is 2.20. The Morgan fingerprint density at radius 1 is 1.17 bits per heavy atom. The van der Waals surface area contributed by atoms with Gasteiger partial charge in [0.15, 0.2) is 5.58 Å². The maximum atomic E-state index is 11.3. The molecule has 6 nitrogen and oxygen atoms in total. The summed E-state index contributed by atoms with van der Waals surface area (Å²) in [5, 5.41) is 0. The van der Waals surface area contributed by atoms with Crippen molar-refractivity contribution in [2.24, 2.45) is 0 Å². The summed E-state index contributed by atoms with van der Waals surface area (Å²) in [4.78, 5) is 31.4. The first kappa shape index (κ1) is 10.5. The second-order valence-corrected chi connectivity index (χ2v) is 3.98. The van der Waals surface area contributed by atoms with E-state index in [1.165, 1.54) is 0 Å². The Morgan fingerprint density at radius 3 is 2.78 bits per heavy atom. The van der Waals surface area contributed by atoms with Gasteiger partial charge in [0, 0.05) is 11.3 Å². The lowest BCUT2D eigenvalue weighted by Gasteiger charge is -2.00. The van der Waals surface area contributed by atoms with E-state index < -0.39 is 11.4 Å². The monoisotopic (exact) mass is 243 g/mol. The van der Waals surface area contributed by atoms with Gasteiger partial charge in [-0.1, -0.05) is 6.07 Å². The van der Waals surface area contributed by atoms with E-state index in [0.717, 1.165) is 11.3 Å². The van der Waals surface area contributed by atoms with Crippen molar-refractivity contribution in [3.8, 4) is 11.3 Å². The Hall–Kier alpha value is -2.63. The molecule has 0 bridgehead atoms. The van der Waals surface area contributed by atoms with Crippen molar-refractivity contribution in [1.82, 2.24) is 15.0 Å². The van der Waals surface area contributed by atoms with E-state index in [1.807, 2.05) is 0 Å². The van der Waals surface area contributed by atoms with Crippen LogP contribution >= 0.6 is 0 Å². The van der Waals surface area contributed by atoms with Gasteiger partial charge < -0.3 is 9.40 Å². The minimum absolute atomic E-state index is 0.402. The number of nitrogens with one attached hydrogen (secondary N) is 2. The minimum Gasteiger partial charge on any atom is -0.408 e. The molecule has 90 valence electrons. The number of aromatic amines is 2. The molecule has 2 N–H and O–H groups in total. The number of hydrogen-bond donors (Lipinski definition) is 2. The van der Waals surface area contributed by atoms with Crippen LogP contribution in [0.4, 0.5) is 0 Å². The van der Waals surface area contributed by atoms with Gasteiger partial charge in [-0.25, -0.2) is 9.59 Å². The van der Waals surface area contributed by atoms with Gasteiger partial charge in [0.1, 0.15) is 0 Å². The maximum absolute atomic E-state index is 11.3. The SMILES string of the molecule is Cc1cc(-c2ccc3[nH]c(=O)oc3c2)nc(=O)[nH]1. The Kier molecular flexibility index (Phi) is 2.16. The number of benzene rings is 1. The van der Waals surface area contributed by atoms with Crippen molar-refractivity contribution in [1.29, 1.82) is 0 Å². The van der Waals surface area contributed by atoms with E-state index in [0.29, 0.717) is 16.8 Å². The molecule has 18 heavy (non-hydrogen) atoms. The van der Waals surface area contributed by atoms with Gasteiger partial charge in [0.05, 0.1) is 11.2 Å². The van der Waals surface area contributed by atoms with Crippen LogP contribution in [0.5, 0.6) is 0 Å². The van der Waals surface area contributed by atoms with Crippen LogP contribution in [0, 0.1) is 6.92 Å². The van der Waals surface area contributed by atoms with E-state index >= 15 is 0 Å². The van der Waals surface area contributed by atoms with Gasteiger partial charge in [-0.15, -0.1) is 0 Å². The molecule has 0 spiro atoms. The molecule has 0 aliphatic heterocycles. The van der Waals surface area contributed by atoms with Crippen LogP contribution in [0.1, 0.15) is 5.69 Å². The average molecular weight is 243 g/mol. The summed E-state index contributed by atoms with van der Waals surface area (Å²) in [5.74, 6) is -0.503. The predicted octanol–water partition coefficient (Wildman–Crippen LogP) is 1.18. The highest BCUT2D eigenvalue weighted by Gasteiger charge is 2.06. The van der Waals surface area contributed by atoms with Crippen LogP contribution in [0.15, 0.2) is 38.3 Å². The molecule has 0 radical (unpaired) electrons. The van der Waals surface area contributed by atoms with Gasteiger partial charge in [0.25, 0.3) is 0 Å². The van der Waals surface area contributed by atoms with Gasteiger partial charge in [0.2, 0.25) is 0 Å². The number of aromatic nitrogens is 3. The van der Waals surface area contributed by atoms with Gasteiger partial charge >= 0.3 is 11.4 Å². The first-order chi connectivity index (χ1) is 8.61. The molecule has 0 fully saturated rings. The topological polar surface area (TPSA) is 91.8 Å². The van der Waals surface area contributed by atoms with Crippen molar-refractivity contribution in [3.05, 3.63) is 51.0 Å². The summed E-state index contributed by atoms with van der Waals surface area (Å²) in [6.07, 6.45) is 0. The smallest absolute Gasteiger partial charge is 0.408 e. The zero-order valence-corrected chi connectivity index (χ0v) is 9.48. The van der Waals surface area contributed by atoms with Crippen molar-refractivity contribution < 1.29 is 4.42 Å². The molecule has 0 unspecified atom stereocenters. The average Bonchev–Trinajstić information content (AvgIpc) is 2.66. The van der Waals surface area contributed by atoms with Crippen LogP contribution in [-0.4, -0.2) is 15.0 Å². The summed E-state index contributed by atoms with van der Waals surface area (Å²) < 4.78 is 4.97. The second-order valence-electron chi connectivity index (χ2n) is 3.98. The van der Waals surface area contributed by atoms with Crippen molar-refractivity contribution in [2.75, 3.05) is 0 Å². The summed E-state index contributed by atoms with van der Waals surface area (Å²) in [6.45, 7) is 1.78. The first-order valence-corrected chi connectivity index (χ1v) is 5.33. The Bertz CT molecular complexity index is 841. The number of fused-ring (bicyclic) bond motifs is 1. The highest BCUT2D eigenvalue weighted by molar-refractivity contribution is 5.78. The molecule has 3 aromatic rings. The van der Waals surface area contributed by atoms with Crippen molar-refractivity contribution >= 4 is 11.1 Å². The molecule has 2 aromatic heterocycles. The fraction of sp³-hybridized carbons (Fsp3) is 0.0833. The van der Waals surface area contributed by atoms with E-state index in [2.05, 4.69) is 15.0 Å². The van der Waals surface area contributed by atoms with E-state index in [-0.39, 0.29) is 0 Å². The molecule has 0 atom stereocenters. The number of H-pyrrole nitrogens is 2. The molecule has 0 aliphatic carbocycles. The summed E-state index contributed by atoms with van der Waals surface area (Å²) in [5.41, 5.74) is 2.64. The van der Waals surface area contributed by atoms with Gasteiger partial charge in [-0.3, -0.25) is 4.98 Å². The molecule has 0 aliphatic rings. The molecule has 0 amide bonds. The number of rotatable bonds is 1. The minimum atomic E-state index is -0.503. The molecule has 1 aromatic carbocycles. The van der Waals surface area contributed by atoms with Crippen LogP contribution in [0.25, 0.3) is 22.4 Å². The third-order valence-electron chi connectivity index (χ3n) is 2.60. The Balaban J connectivity index is 2.24. The lowest BCUT2D eigenvalue weighted by Crippen LogP contribution is -2.11. The zero-order chi connectivity index (χ0) is 12.7. The number of oxazole rings is 1. The van der Waals surface area contributed by atoms with Gasteiger partial charge in [-0.2, -0.15) is 4.98 Å². The molecule has 0 saturated heterocycles. The number of hydrogen-bond acceptors (Lipinski definition) is 4. The second kappa shape index (κ2) is 3.69. The predicted molar refractivity (Wildman–Crippen MR) is 65.4 cm³/mol. The van der Waals surface area contributed by atoms with Gasteiger partial charge in [-0.05, 0) is 25.1 Å². The fourth-order valence-electron chi connectivity index (χ4n) is 1.83. The van der Waals surface area contributed by atoms with Crippen LogP contribution in [-0.2, 0) is 0 Å². The third-order valence-corrected chi connectivity index (χ3v) is 2.60. The third kappa shape index (κ3) is 1.73. The van der Waals surface area contributed by atoms with Crippen LogP contribution in [0.3, 0.4) is 0 Å². The normalized spacial score (nSPS) is 10.9. The number of aryl methyl sites for hydroxylation is 1. The summed E-state index contributed by atoms with van der Waals surface area (Å²) in [6, 6.07) is 6.92. The fourth-order valence-corrected chi connectivity index (χ4v) is 1.83. The Labute approximate surface area is 100 Å². The number of nitrogens with zero attached hydrogens (tertiary/aromatic N) is 1. The standard InChI is InChI=1S/C12H9N3O3/c1-6-4-9(14-11(16)13-6)7-2-3-8-10(5-7)18-12(17)15-8/h2-5H,1H3,(H,15,17)(H,13,14,16). The van der Waals surface area contributed by atoms with Crippen LogP contribution < -0.4 is 11.4 Å². The Morgan fingerprint density at radius 2 is 2.00 bits per heavy atom. The lowest BCUT2D eigenvalue weighted by molar-refractivity contribution is 0.555. The summed E-state index contributed by atoms with van der Waals surface area (Å²) in [7, 11) is 0. The molecule has 0 saturated carbocycles. The molecular formula is C12H9N3O3. The van der Waals surface area contributed by atoms with Crippen molar-refractivity contribution in [3.63, 3.8) is 0 Å². The molecule has 2 heterocycles. The van der Waals surface area contributed by atoms with Crippen LogP contribution in [0.2, 0.25) is 0 Å². The highest BCUT2D eigenvalue weighted by atomic mass is 16.4. The van der Waals surface area contributed by atoms with E-state index in [1.54, 1.807) is 31.2 Å². The lowest BCUT2D eigenvalue weighted by atomic mass is 10.1. The van der Waals surface area contributed by atoms with Crippen molar-refractivity contribution in [2.45, 2.75) is 6.92 Å². The maximum Gasteiger partial charge on any atom is 0.417 e. The molecular weight excluding hydrogens is 234 g/mol. The van der Waals surface area contributed by atoms with E-state index in [4.69, 9.17) is 4.42 Å². The largest absolute Gasteiger partial charge is 0.417 e. The quantitative estimate of drug-likeness (QED) is 0.671. The van der Waals surface area contributed by atoms with E-state index in [9.17, 15) is 9.59 Å².